The number of aromatic nitrogens is 2. The van der Waals surface area contributed by atoms with Gasteiger partial charge in [-0.3, -0.25) is 0 Å². The molecular weight excluding hydrogens is 336 g/mol. The van der Waals surface area contributed by atoms with Crippen LogP contribution < -0.4 is 15.0 Å². The summed E-state index contributed by atoms with van der Waals surface area (Å²) >= 11 is 6.21. The molecule has 0 bridgehead atoms. The van der Waals surface area contributed by atoms with Crippen LogP contribution in [0.1, 0.15) is 38.3 Å². The maximum Gasteiger partial charge on any atom is 0.227 e. The predicted octanol–water partition coefficient (Wildman–Crippen LogP) is 4.96. The quantitative estimate of drug-likeness (QED) is 0.816. The summed E-state index contributed by atoms with van der Waals surface area (Å²) in [5, 5.41) is 3.90. The van der Waals surface area contributed by atoms with E-state index in [-0.39, 0.29) is 0 Å². The number of piperidine rings is 1. The van der Waals surface area contributed by atoms with Crippen molar-refractivity contribution in [3.63, 3.8) is 0 Å². The Morgan fingerprint density at radius 2 is 2.12 bits per heavy atom. The van der Waals surface area contributed by atoms with Gasteiger partial charge in [-0.25, -0.2) is 4.98 Å². The third kappa shape index (κ3) is 4.15. The number of aryl methyl sites for hydroxylation is 1. The van der Waals surface area contributed by atoms with E-state index in [1.165, 1.54) is 19.3 Å². The lowest BCUT2D eigenvalue weighted by Gasteiger charge is -2.35. The third-order valence-electron chi connectivity index (χ3n) is 4.62. The first-order valence-corrected chi connectivity index (χ1v) is 9.21. The van der Waals surface area contributed by atoms with Crippen molar-refractivity contribution < 1.29 is 4.74 Å². The molecular formula is C19H25ClN4O. The summed E-state index contributed by atoms with van der Waals surface area (Å²) in [7, 11) is 1.61. The van der Waals surface area contributed by atoms with E-state index in [1.54, 1.807) is 7.11 Å². The molecule has 1 aromatic carbocycles. The van der Waals surface area contributed by atoms with Gasteiger partial charge in [0.1, 0.15) is 11.6 Å². The van der Waals surface area contributed by atoms with E-state index in [9.17, 15) is 0 Å². The van der Waals surface area contributed by atoms with Gasteiger partial charge in [0.2, 0.25) is 5.95 Å². The van der Waals surface area contributed by atoms with Crippen molar-refractivity contribution in [3.8, 4) is 5.75 Å². The highest BCUT2D eigenvalue weighted by Gasteiger charge is 2.23. The van der Waals surface area contributed by atoms with Crippen LogP contribution in [0.15, 0.2) is 24.3 Å². The summed E-state index contributed by atoms with van der Waals surface area (Å²) in [6.45, 7) is 5.26. The first-order chi connectivity index (χ1) is 12.1. The number of hydrogen-bond donors (Lipinski definition) is 1. The molecule has 6 heteroatoms. The molecule has 1 saturated heterocycles. The first-order valence-electron chi connectivity index (χ1n) is 8.83. The molecule has 0 spiro atoms. The van der Waals surface area contributed by atoms with Crippen LogP contribution in [0.5, 0.6) is 5.75 Å². The largest absolute Gasteiger partial charge is 0.495 e. The molecule has 134 valence electrons. The Kier molecular flexibility index (Phi) is 5.63. The van der Waals surface area contributed by atoms with Gasteiger partial charge in [0.15, 0.2) is 0 Å². The Labute approximate surface area is 154 Å². The summed E-state index contributed by atoms with van der Waals surface area (Å²) in [4.78, 5) is 11.8. The molecule has 1 aliphatic rings. The lowest BCUT2D eigenvalue weighted by molar-refractivity contribution is 0.415. The molecule has 0 saturated carbocycles. The molecule has 1 aromatic heterocycles. The number of anilines is 3. The second-order valence-electron chi connectivity index (χ2n) is 6.42. The fraction of sp³-hybridized carbons (Fsp3) is 0.474. The molecule has 1 N–H and O–H groups in total. The maximum atomic E-state index is 6.21. The lowest BCUT2D eigenvalue weighted by atomic mass is 10.0. The van der Waals surface area contributed by atoms with Crippen molar-refractivity contribution in [1.82, 2.24) is 9.97 Å². The van der Waals surface area contributed by atoms with Gasteiger partial charge in [0.05, 0.1) is 12.1 Å². The SMILES string of the molecule is CCC1CCCCN1c1nc(C)cc(Nc2ccc(OC)c(Cl)c2)n1. The Hall–Kier alpha value is -2.01. The van der Waals surface area contributed by atoms with E-state index < -0.39 is 0 Å². The zero-order chi connectivity index (χ0) is 17.8. The molecule has 5 nitrogen and oxygen atoms in total. The summed E-state index contributed by atoms with van der Waals surface area (Å²) in [6, 6.07) is 8.09. The van der Waals surface area contributed by atoms with Gasteiger partial charge in [-0.1, -0.05) is 18.5 Å². The maximum absolute atomic E-state index is 6.21. The van der Waals surface area contributed by atoms with Gasteiger partial charge < -0.3 is 15.0 Å². The molecule has 1 atom stereocenters. The highest BCUT2D eigenvalue weighted by atomic mass is 35.5. The van der Waals surface area contributed by atoms with Crippen LogP contribution in [0.3, 0.4) is 0 Å². The summed E-state index contributed by atoms with van der Waals surface area (Å²) in [6.07, 6.45) is 4.82. The van der Waals surface area contributed by atoms with E-state index >= 15 is 0 Å². The van der Waals surface area contributed by atoms with Gasteiger partial charge in [-0.15, -0.1) is 0 Å². The predicted molar refractivity (Wildman–Crippen MR) is 103 cm³/mol. The highest BCUT2D eigenvalue weighted by molar-refractivity contribution is 6.32. The molecule has 0 radical (unpaired) electrons. The fourth-order valence-corrected chi connectivity index (χ4v) is 3.58. The average molecular weight is 361 g/mol. The Balaban J connectivity index is 1.85. The van der Waals surface area contributed by atoms with E-state index in [2.05, 4.69) is 22.1 Å². The fourth-order valence-electron chi connectivity index (χ4n) is 3.33. The smallest absolute Gasteiger partial charge is 0.227 e. The van der Waals surface area contributed by atoms with E-state index in [0.717, 1.165) is 36.1 Å². The Bertz CT molecular complexity index is 737. The topological polar surface area (TPSA) is 50.3 Å². The number of hydrogen-bond acceptors (Lipinski definition) is 5. The van der Waals surface area contributed by atoms with Crippen LogP contribution in [-0.4, -0.2) is 29.7 Å². The minimum absolute atomic E-state index is 0.527. The summed E-state index contributed by atoms with van der Waals surface area (Å²) in [5.74, 6) is 2.25. The number of ether oxygens (including phenoxy) is 1. The van der Waals surface area contributed by atoms with Crippen molar-refractivity contribution in [3.05, 3.63) is 35.0 Å². The number of nitrogens with one attached hydrogen (secondary N) is 1. The molecule has 2 aromatic rings. The van der Waals surface area contributed by atoms with Gasteiger partial charge in [-0.2, -0.15) is 4.98 Å². The monoisotopic (exact) mass is 360 g/mol. The van der Waals surface area contributed by atoms with Crippen LogP contribution in [0, 0.1) is 6.92 Å². The lowest BCUT2D eigenvalue weighted by Crippen LogP contribution is -2.40. The Morgan fingerprint density at radius 3 is 2.84 bits per heavy atom. The molecule has 2 heterocycles. The summed E-state index contributed by atoms with van der Waals surface area (Å²) in [5.41, 5.74) is 1.83. The van der Waals surface area contributed by atoms with Crippen molar-refractivity contribution in [2.45, 2.75) is 45.6 Å². The van der Waals surface area contributed by atoms with E-state index in [4.69, 9.17) is 21.3 Å². The molecule has 3 rings (SSSR count). The second kappa shape index (κ2) is 7.91. The molecule has 1 aliphatic heterocycles. The van der Waals surface area contributed by atoms with Crippen LogP contribution in [0.25, 0.3) is 0 Å². The molecule has 0 amide bonds. The highest BCUT2D eigenvalue weighted by Crippen LogP contribution is 2.30. The average Bonchev–Trinajstić information content (AvgIpc) is 2.61. The van der Waals surface area contributed by atoms with Crippen molar-refractivity contribution in [2.24, 2.45) is 0 Å². The van der Waals surface area contributed by atoms with Crippen LogP contribution in [0.2, 0.25) is 5.02 Å². The van der Waals surface area contributed by atoms with Crippen LogP contribution >= 0.6 is 11.6 Å². The number of halogens is 1. The van der Waals surface area contributed by atoms with Crippen molar-refractivity contribution in [1.29, 1.82) is 0 Å². The van der Waals surface area contributed by atoms with E-state index in [0.29, 0.717) is 16.8 Å². The molecule has 25 heavy (non-hydrogen) atoms. The molecule has 1 fully saturated rings. The van der Waals surface area contributed by atoms with Gasteiger partial charge in [0, 0.05) is 30.0 Å². The number of nitrogens with zero attached hydrogens (tertiary/aromatic N) is 3. The van der Waals surface area contributed by atoms with Gasteiger partial charge >= 0.3 is 0 Å². The normalized spacial score (nSPS) is 17.4. The van der Waals surface area contributed by atoms with Gasteiger partial charge in [0.25, 0.3) is 0 Å². The number of rotatable bonds is 5. The Morgan fingerprint density at radius 1 is 1.28 bits per heavy atom. The zero-order valence-electron chi connectivity index (χ0n) is 15.1. The first kappa shape index (κ1) is 17.8. The molecule has 1 unspecified atom stereocenters. The third-order valence-corrected chi connectivity index (χ3v) is 4.92. The number of benzene rings is 1. The minimum atomic E-state index is 0.527. The standard InChI is InChI=1S/C19H25ClN4O/c1-4-15-7-5-6-10-24(15)19-21-13(2)11-18(23-19)22-14-8-9-17(25-3)16(20)12-14/h8-9,11-12,15H,4-7,10H2,1-3H3,(H,21,22,23). The second-order valence-corrected chi connectivity index (χ2v) is 6.83. The van der Waals surface area contributed by atoms with Crippen molar-refractivity contribution in [2.75, 3.05) is 23.9 Å². The summed E-state index contributed by atoms with van der Waals surface area (Å²) < 4.78 is 5.20. The van der Waals surface area contributed by atoms with Crippen LogP contribution in [-0.2, 0) is 0 Å². The van der Waals surface area contributed by atoms with Crippen LogP contribution in [0.4, 0.5) is 17.5 Å². The minimum Gasteiger partial charge on any atom is -0.495 e. The van der Waals surface area contributed by atoms with Crippen molar-refractivity contribution >= 4 is 29.1 Å². The zero-order valence-corrected chi connectivity index (χ0v) is 15.8. The molecule has 0 aliphatic carbocycles. The van der Waals surface area contributed by atoms with E-state index in [1.807, 2.05) is 31.2 Å². The number of methoxy groups -OCH3 is 1. The van der Waals surface area contributed by atoms with Gasteiger partial charge in [-0.05, 0) is 50.8 Å².